The van der Waals surface area contributed by atoms with Crippen LogP contribution in [0.2, 0.25) is 0 Å². The SMILES string of the molecule is CC(C)NCc1ccc(C(=O)O)n1C. The molecule has 0 saturated heterocycles. The van der Waals surface area contributed by atoms with E-state index >= 15 is 0 Å². The monoisotopic (exact) mass is 196 g/mol. The molecule has 0 unspecified atom stereocenters. The minimum Gasteiger partial charge on any atom is -0.477 e. The predicted molar refractivity (Wildman–Crippen MR) is 54.3 cm³/mol. The molecule has 0 bridgehead atoms. The molecule has 0 fully saturated rings. The molecular formula is C10H16N2O2. The summed E-state index contributed by atoms with van der Waals surface area (Å²) in [6.45, 7) is 4.81. The van der Waals surface area contributed by atoms with Gasteiger partial charge in [-0.05, 0) is 12.1 Å². The van der Waals surface area contributed by atoms with Crippen LogP contribution in [0, 0.1) is 0 Å². The van der Waals surface area contributed by atoms with Gasteiger partial charge in [0.2, 0.25) is 0 Å². The highest BCUT2D eigenvalue weighted by molar-refractivity contribution is 5.86. The molecule has 2 N–H and O–H groups in total. The second-order valence-corrected chi connectivity index (χ2v) is 3.61. The lowest BCUT2D eigenvalue weighted by molar-refractivity contribution is 0.0686. The molecule has 0 saturated carbocycles. The Hall–Kier alpha value is -1.29. The fourth-order valence-electron chi connectivity index (χ4n) is 1.25. The smallest absolute Gasteiger partial charge is 0.352 e. The molecule has 4 nitrogen and oxygen atoms in total. The van der Waals surface area contributed by atoms with Crippen molar-refractivity contribution in [2.24, 2.45) is 7.05 Å². The van der Waals surface area contributed by atoms with Gasteiger partial charge in [-0.25, -0.2) is 4.79 Å². The Kier molecular flexibility index (Phi) is 3.30. The zero-order chi connectivity index (χ0) is 10.7. The summed E-state index contributed by atoms with van der Waals surface area (Å²) in [5.74, 6) is -0.886. The average molecular weight is 196 g/mol. The summed E-state index contributed by atoms with van der Waals surface area (Å²) in [4.78, 5) is 10.7. The fourth-order valence-corrected chi connectivity index (χ4v) is 1.25. The third-order valence-electron chi connectivity index (χ3n) is 2.14. The first-order valence-electron chi connectivity index (χ1n) is 4.63. The van der Waals surface area contributed by atoms with Gasteiger partial charge in [0.1, 0.15) is 5.69 Å². The highest BCUT2D eigenvalue weighted by Crippen LogP contribution is 2.07. The molecule has 1 rings (SSSR count). The van der Waals surface area contributed by atoms with Crippen LogP contribution in [-0.2, 0) is 13.6 Å². The molecule has 0 atom stereocenters. The largest absolute Gasteiger partial charge is 0.477 e. The molecule has 0 aliphatic carbocycles. The number of nitrogens with zero attached hydrogens (tertiary/aromatic N) is 1. The van der Waals surface area contributed by atoms with Crippen molar-refractivity contribution in [3.63, 3.8) is 0 Å². The van der Waals surface area contributed by atoms with Gasteiger partial charge in [-0.3, -0.25) is 0 Å². The number of nitrogens with one attached hydrogen (secondary N) is 1. The van der Waals surface area contributed by atoms with Crippen LogP contribution in [0.5, 0.6) is 0 Å². The fraction of sp³-hybridized carbons (Fsp3) is 0.500. The zero-order valence-corrected chi connectivity index (χ0v) is 8.74. The van der Waals surface area contributed by atoms with Gasteiger partial charge in [-0.15, -0.1) is 0 Å². The van der Waals surface area contributed by atoms with Gasteiger partial charge in [-0.2, -0.15) is 0 Å². The lowest BCUT2D eigenvalue weighted by Crippen LogP contribution is -2.23. The van der Waals surface area contributed by atoms with Crippen molar-refractivity contribution in [2.75, 3.05) is 0 Å². The Labute approximate surface area is 83.5 Å². The average Bonchev–Trinajstić information content (AvgIpc) is 2.43. The van der Waals surface area contributed by atoms with Gasteiger partial charge < -0.3 is 15.0 Å². The van der Waals surface area contributed by atoms with E-state index in [-0.39, 0.29) is 0 Å². The van der Waals surface area contributed by atoms with Crippen molar-refractivity contribution in [3.05, 3.63) is 23.5 Å². The number of carboxylic acid groups (broad SMARTS) is 1. The molecule has 4 heteroatoms. The summed E-state index contributed by atoms with van der Waals surface area (Å²) < 4.78 is 1.69. The van der Waals surface area contributed by atoms with E-state index in [2.05, 4.69) is 19.2 Å². The minimum atomic E-state index is -0.886. The molecule has 0 aliphatic heterocycles. The lowest BCUT2D eigenvalue weighted by Gasteiger charge is -2.09. The highest BCUT2D eigenvalue weighted by atomic mass is 16.4. The van der Waals surface area contributed by atoms with Crippen LogP contribution in [0.25, 0.3) is 0 Å². The molecule has 1 aromatic rings. The second kappa shape index (κ2) is 4.28. The molecule has 0 spiro atoms. The van der Waals surface area contributed by atoms with Crippen molar-refractivity contribution >= 4 is 5.97 Å². The number of carbonyl (C=O) groups is 1. The number of aromatic nitrogens is 1. The van der Waals surface area contributed by atoms with Crippen LogP contribution in [0.15, 0.2) is 12.1 Å². The summed E-state index contributed by atoms with van der Waals surface area (Å²) in [5.41, 5.74) is 1.31. The summed E-state index contributed by atoms with van der Waals surface area (Å²) in [6.07, 6.45) is 0. The summed E-state index contributed by atoms with van der Waals surface area (Å²) in [5, 5.41) is 12.1. The molecule has 0 aromatic carbocycles. The van der Waals surface area contributed by atoms with E-state index < -0.39 is 5.97 Å². The van der Waals surface area contributed by atoms with Crippen LogP contribution in [0.1, 0.15) is 30.0 Å². The van der Waals surface area contributed by atoms with Crippen molar-refractivity contribution in [3.8, 4) is 0 Å². The first kappa shape index (κ1) is 10.8. The Morgan fingerprint density at radius 2 is 2.21 bits per heavy atom. The first-order valence-corrected chi connectivity index (χ1v) is 4.63. The van der Waals surface area contributed by atoms with Gasteiger partial charge in [0.05, 0.1) is 0 Å². The normalized spacial score (nSPS) is 10.9. The molecule has 14 heavy (non-hydrogen) atoms. The molecular weight excluding hydrogens is 180 g/mol. The maximum absolute atomic E-state index is 10.7. The van der Waals surface area contributed by atoms with Gasteiger partial charge in [0.15, 0.2) is 0 Å². The molecule has 1 aromatic heterocycles. The first-order chi connectivity index (χ1) is 6.52. The van der Waals surface area contributed by atoms with Crippen LogP contribution in [0.3, 0.4) is 0 Å². The molecule has 78 valence electrons. The standard InChI is InChI=1S/C10H16N2O2/c1-7(2)11-6-8-4-5-9(10(13)14)12(8)3/h4-5,7,11H,6H2,1-3H3,(H,13,14). The van der Waals surface area contributed by atoms with E-state index in [1.807, 2.05) is 6.07 Å². The Morgan fingerprint density at radius 1 is 1.57 bits per heavy atom. The van der Waals surface area contributed by atoms with Gasteiger partial charge in [0, 0.05) is 25.3 Å². The summed E-state index contributed by atoms with van der Waals surface area (Å²) in [7, 11) is 1.76. The van der Waals surface area contributed by atoms with Crippen molar-refractivity contribution in [1.82, 2.24) is 9.88 Å². The number of hydrogen-bond acceptors (Lipinski definition) is 2. The van der Waals surface area contributed by atoms with Gasteiger partial charge in [-0.1, -0.05) is 13.8 Å². The summed E-state index contributed by atoms with van der Waals surface area (Å²) in [6, 6.07) is 3.86. The van der Waals surface area contributed by atoms with Gasteiger partial charge >= 0.3 is 5.97 Å². The molecule has 0 aliphatic rings. The Balaban J connectivity index is 2.74. The van der Waals surface area contributed by atoms with Crippen molar-refractivity contribution in [1.29, 1.82) is 0 Å². The minimum absolute atomic E-state index is 0.325. The topological polar surface area (TPSA) is 54.3 Å². The van der Waals surface area contributed by atoms with Crippen LogP contribution >= 0.6 is 0 Å². The summed E-state index contributed by atoms with van der Waals surface area (Å²) >= 11 is 0. The molecule has 1 heterocycles. The van der Waals surface area contributed by atoms with E-state index in [1.165, 1.54) is 0 Å². The van der Waals surface area contributed by atoms with E-state index in [4.69, 9.17) is 5.11 Å². The van der Waals surface area contributed by atoms with Crippen LogP contribution in [0.4, 0.5) is 0 Å². The third kappa shape index (κ3) is 2.35. The number of rotatable bonds is 4. The maximum atomic E-state index is 10.7. The van der Waals surface area contributed by atoms with E-state index in [1.54, 1.807) is 17.7 Å². The Bertz CT molecular complexity index is 329. The van der Waals surface area contributed by atoms with Crippen molar-refractivity contribution < 1.29 is 9.90 Å². The third-order valence-corrected chi connectivity index (χ3v) is 2.14. The van der Waals surface area contributed by atoms with E-state index in [0.29, 0.717) is 18.3 Å². The van der Waals surface area contributed by atoms with Crippen LogP contribution in [-0.4, -0.2) is 21.7 Å². The lowest BCUT2D eigenvalue weighted by atomic mass is 10.3. The quantitative estimate of drug-likeness (QED) is 0.761. The second-order valence-electron chi connectivity index (χ2n) is 3.61. The Morgan fingerprint density at radius 3 is 2.64 bits per heavy atom. The van der Waals surface area contributed by atoms with E-state index in [0.717, 1.165) is 5.69 Å². The van der Waals surface area contributed by atoms with Crippen LogP contribution < -0.4 is 5.32 Å². The molecule has 0 amide bonds. The van der Waals surface area contributed by atoms with Crippen molar-refractivity contribution in [2.45, 2.75) is 26.4 Å². The number of hydrogen-bond donors (Lipinski definition) is 2. The van der Waals surface area contributed by atoms with E-state index in [9.17, 15) is 4.79 Å². The zero-order valence-electron chi connectivity index (χ0n) is 8.74. The highest BCUT2D eigenvalue weighted by Gasteiger charge is 2.10. The number of carboxylic acids is 1. The number of aromatic carboxylic acids is 1. The van der Waals surface area contributed by atoms with Gasteiger partial charge in [0.25, 0.3) is 0 Å². The molecule has 0 radical (unpaired) electrons. The maximum Gasteiger partial charge on any atom is 0.352 e. The predicted octanol–water partition coefficient (Wildman–Crippen LogP) is 1.22.